The minimum atomic E-state index is -0.224. The zero-order valence-electron chi connectivity index (χ0n) is 17.8. The molecule has 2 aromatic heterocycles. The molecule has 0 saturated carbocycles. The SMILES string of the molecule is O=C(CC1CSc2nc3c(cnn3-c3cccc(Cl)c3)c(=O)n21)NCCCc1ccccc1. The summed E-state index contributed by atoms with van der Waals surface area (Å²) in [5, 5.41) is 8.96. The van der Waals surface area contributed by atoms with Crippen molar-refractivity contribution >= 4 is 40.3 Å². The molecular formula is C24H22ClN5O2S. The van der Waals surface area contributed by atoms with Crippen LogP contribution >= 0.6 is 23.4 Å². The molecular weight excluding hydrogens is 458 g/mol. The van der Waals surface area contributed by atoms with Gasteiger partial charge in [0.15, 0.2) is 10.8 Å². The Morgan fingerprint density at radius 2 is 2.03 bits per heavy atom. The molecule has 168 valence electrons. The van der Waals surface area contributed by atoms with E-state index < -0.39 is 0 Å². The predicted octanol–water partition coefficient (Wildman–Crippen LogP) is 4.02. The van der Waals surface area contributed by atoms with E-state index in [0.717, 1.165) is 18.5 Å². The number of nitrogens with one attached hydrogen (secondary N) is 1. The highest BCUT2D eigenvalue weighted by Crippen LogP contribution is 2.33. The summed E-state index contributed by atoms with van der Waals surface area (Å²) in [6.45, 7) is 0.610. The van der Waals surface area contributed by atoms with Crippen molar-refractivity contribution in [2.75, 3.05) is 12.3 Å². The van der Waals surface area contributed by atoms with Crippen molar-refractivity contribution in [1.82, 2.24) is 24.6 Å². The maximum atomic E-state index is 13.2. The molecule has 1 N–H and O–H groups in total. The third kappa shape index (κ3) is 4.54. The molecule has 9 heteroatoms. The Morgan fingerprint density at radius 1 is 1.18 bits per heavy atom. The Hall–Kier alpha value is -3.10. The second kappa shape index (κ2) is 9.41. The van der Waals surface area contributed by atoms with Crippen LogP contribution in [-0.2, 0) is 11.2 Å². The number of hydrogen-bond acceptors (Lipinski definition) is 5. The van der Waals surface area contributed by atoms with Gasteiger partial charge in [0.2, 0.25) is 5.91 Å². The number of nitrogens with zero attached hydrogens (tertiary/aromatic N) is 4. The minimum Gasteiger partial charge on any atom is -0.356 e. The highest BCUT2D eigenvalue weighted by Gasteiger charge is 2.29. The van der Waals surface area contributed by atoms with E-state index >= 15 is 0 Å². The molecule has 1 unspecified atom stereocenters. The van der Waals surface area contributed by atoms with Crippen molar-refractivity contribution in [3.8, 4) is 5.69 Å². The van der Waals surface area contributed by atoms with Gasteiger partial charge in [-0.1, -0.05) is 59.8 Å². The molecule has 0 radical (unpaired) electrons. The third-order valence-corrected chi connectivity index (χ3v) is 6.98. The fraction of sp³-hybridized carbons (Fsp3) is 0.250. The lowest BCUT2D eigenvalue weighted by Crippen LogP contribution is -2.31. The second-order valence-electron chi connectivity index (χ2n) is 7.95. The number of rotatable bonds is 7. The van der Waals surface area contributed by atoms with E-state index in [1.54, 1.807) is 21.4 Å². The van der Waals surface area contributed by atoms with Gasteiger partial charge in [-0.15, -0.1) is 0 Å². The zero-order valence-corrected chi connectivity index (χ0v) is 19.4. The van der Waals surface area contributed by atoms with Crippen LogP contribution in [0.15, 0.2) is 70.7 Å². The normalized spacial score (nSPS) is 15.0. The first-order valence-electron chi connectivity index (χ1n) is 10.8. The van der Waals surface area contributed by atoms with Gasteiger partial charge in [-0.2, -0.15) is 5.10 Å². The molecule has 2 aromatic carbocycles. The van der Waals surface area contributed by atoms with Gasteiger partial charge >= 0.3 is 0 Å². The number of fused-ring (bicyclic) bond motifs is 2. The smallest absolute Gasteiger partial charge is 0.265 e. The Kier molecular flexibility index (Phi) is 6.20. The van der Waals surface area contributed by atoms with Gasteiger partial charge in [0.05, 0.1) is 17.9 Å². The summed E-state index contributed by atoms with van der Waals surface area (Å²) in [6.07, 6.45) is 3.57. The summed E-state index contributed by atoms with van der Waals surface area (Å²) in [7, 11) is 0. The van der Waals surface area contributed by atoms with Crippen LogP contribution in [0.5, 0.6) is 0 Å². The van der Waals surface area contributed by atoms with Gasteiger partial charge in [0.1, 0.15) is 5.39 Å². The summed E-state index contributed by atoms with van der Waals surface area (Å²) in [5.41, 5.74) is 2.32. The molecule has 4 aromatic rings. The van der Waals surface area contributed by atoms with Crippen LogP contribution < -0.4 is 10.9 Å². The molecule has 1 atom stereocenters. The number of hydrogen-bond donors (Lipinski definition) is 1. The van der Waals surface area contributed by atoms with E-state index in [4.69, 9.17) is 16.6 Å². The van der Waals surface area contributed by atoms with Gasteiger partial charge in [-0.25, -0.2) is 9.67 Å². The first-order valence-corrected chi connectivity index (χ1v) is 12.2. The average Bonchev–Trinajstić information content (AvgIpc) is 3.42. The van der Waals surface area contributed by atoms with Crippen molar-refractivity contribution in [3.63, 3.8) is 0 Å². The zero-order chi connectivity index (χ0) is 22.8. The highest BCUT2D eigenvalue weighted by molar-refractivity contribution is 7.99. The predicted molar refractivity (Wildman–Crippen MR) is 130 cm³/mol. The van der Waals surface area contributed by atoms with Crippen molar-refractivity contribution < 1.29 is 4.79 Å². The summed E-state index contributed by atoms with van der Waals surface area (Å²) in [6, 6.07) is 17.2. The van der Waals surface area contributed by atoms with Gasteiger partial charge in [0.25, 0.3) is 5.56 Å². The number of thioether (sulfide) groups is 1. The molecule has 5 rings (SSSR count). The monoisotopic (exact) mass is 479 g/mol. The Bertz CT molecular complexity index is 1370. The standard InChI is InChI=1S/C24H22ClN5O2S/c25-17-9-4-10-18(12-17)30-22-20(14-27-30)23(32)29-19(15-33-24(29)28-22)13-21(31)26-11-5-8-16-6-2-1-3-7-16/h1-4,6-7,9-10,12,14,19H,5,8,11,13,15H2,(H,26,31). The molecule has 0 spiro atoms. The minimum absolute atomic E-state index is 0.0527. The number of halogens is 1. The molecule has 3 heterocycles. The Labute approximate surface area is 199 Å². The molecule has 7 nitrogen and oxygen atoms in total. The third-order valence-electron chi connectivity index (χ3n) is 5.65. The van der Waals surface area contributed by atoms with Crippen LogP contribution in [0.2, 0.25) is 5.02 Å². The van der Waals surface area contributed by atoms with E-state index in [0.29, 0.717) is 33.5 Å². The fourth-order valence-electron chi connectivity index (χ4n) is 4.03. The van der Waals surface area contributed by atoms with E-state index in [-0.39, 0.29) is 23.9 Å². The molecule has 1 aliphatic heterocycles. The summed E-state index contributed by atoms with van der Waals surface area (Å²) < 4.78 is 3.26. The van der Waals surface area contributed by atoms with Crippen LogP contribution in [0.3, 0.4) is 0 Å². The van der Waals surface area contributed by atoms with Gasteiger partial charge in [-0.3, -0.25) is 14.2 Å². The topological polar surface area (TPSA) is 81.8 Å². The maximum absolute atomic E-state index is 13.2. The lowest BCUT2D eigenvalue weighted by atomic mass is 10.1. The Morgan fingerprint density at radius 3 is 2.85 bits per heavy atom. The number of amides is 1. The van der Waals surface area contributed by atoms with Crippen LogP contribution in [0.25, 0.3) is 16.7 Å². The second-order valence-corrected chi connectivity index (χ2v) is 9.37. The number of carbonyl (C=O) groups is 1. The quantitative estimate of drug-likeness (QED) is 0.320. The van der Waals surface area contributed by atoms with Gasteiger partial charge < -0.3 is 5.32 Å². The van der Waals surface area contributed by atoms with E-state index in [1.807, 2.05) is 30.3 Å². The molecule has 0 fully saturated rings. The summed E-state index contributed by atoms with van der Waals surface area (Å²) in [5.74, 6) is 0.583. The highest BCUT2D eigenvalue weighted by atomic mass is 35.5. The number of aryl methyl sites for hydroxylation is 1. The fourth-order valence-corrected chi connectivity index (χ4v) is 5.34. The molecule has 0 aliphatic carbocycles. The van der Waals surface area contributed by atoms with E-state index in [2.05, 4.69) is 22.5 Å². The van der Waals surface area contributed by atoms with Crippen molar-refractivity contribution in [2.24, 2.45) is 0 Å². The average molecular weight is 480 g/mol. The largest absolute Gasteiger partial charge is 0.356 e. The first-order chi connectivity index (χ1) is 16.1. The van der Waals surface area contributed by atoms with Crippen LogP contribution in [0, 0.1) is 0 Å². The van der Waals surface area contributed by atoms with Crippen LogP contribution in [0.1, 0.15) is 24.4 Å². The Balaban J connectivity index is 1.29. The number of aromatic nitrogens is 4. The summed E-state index contributed by atoms with van der Waals surface area (Å²) >= 11 is 7.60. The van der Waals surface area contributed by atoms with Gasteiger partial charge in [0, 0.05) is 23.7 Å². The van der Waals surface area contributed by atoms with Crippen molar-refractivity contribution in [2.45, 2.75) is 30.5 Å². The molecule has 0 saturated heterocycles. The summed E-state index contributed by atoms with van der Waals surface area (Å²) in [4.78, 5) is 30.5. The van der Waals surface area contributed by atoms with E-state index in [1.165, 1.54) is 23.5 Å². The lowest BCUT2D eigenvalue weighted by Gasteiger charge is -2.13. The maximum Gasteiger partial charge on any atom is 0.265 e. The van der Waals surface area contributed by atoms with Gasteiger partial charge in [-0.05, 0) is 36.6 Å². The van der Waals surface area contributed by atoms with Crippen LogP contribution in [-0.4, -0.2) is 37.5 Å². The molecule has 1 aliphatic rings. The number of benzene rings is 2. The lowest BCUT2D eigenvalue weighted by molar-refractivity contribution is -0.121. The van der Waals surface area contributed by atoms with Crippen molar-refractivity contribution in [3.05, 3.63) is 81.7 Å². The molecule has 33 heavy (non-hydrogen) atoms. The molecule has 0 bridgehead atoms. The first kappa shape index (κ1) is 21.7. The van der Waals surface area contributed by atoms with Crippen LogP contribution in [0.4, 0.5) is 0 Å². The molecule has 1 amide bonds. The van der Waals surface area contributed by atoms with E-state index in [9.17, 15) is 9.59 Å². The van der Waals surface area contributed by atoms with Crippen molar-refractivity contribution in [1.29, 1.82) is 0 Å². The number of carbonyl (C=O) groups excluding carboxylic acids is 1.